The Hall–Kier alpha value is -0.830. The van der Waals surface area contributed by atoms with E-state index in [2.05, 4.69) is 6.92 Å². The Morgan fingerprint density at radius 3 is 2.53 bits per heavy atom. The Bertz CT molecular complexity index is 422. The van der Waals surface area contributed by atoms with Crippen molar-refractivity contribution >= 4 is 9.84 Å². The predicted molar refractivity (Wildman–Crippen MR) is 60.4 cm³/mol. The first-order valence-electron chi connectivity index (χ1n) is 5.45. The summed E-state index contributed by atoms with van der Waals surface area (Å²) >= 11 is 0. The van der Waals surface area contributed by atoms with E-state index in [9.17, 15) is 8.42 Å². The summed E-state index contributed by atoms with van der Waals surface area (Å²) in [6.45, 7) is 2.10. The molecule has 1 aromatic carbocycles. The fraction of sp³-hybridized carbons (Fsp3) is 0.500. The zero-order valence-corrected chi connectivity index (χ0v) is 9.70. The van der Waals surface area contributed by atoms with Crippen LogP contribution in [0, 0.1) is 5.92 Å². The van der Waals surface area contributed by atoms with Crippen molar-refractivity contribution in [2.45, 2.75) is 36.3 Å². The molecule has 0 unspecified atom stereocenters. The fourth-order valence-electron chi connectivity index (χ4n) is 2.06. The maximum Gasteiger partial charge on any atom is 0.181 e. The Morgan fingerprint density at radius 2 is 1.93 bits per heavy atom. The molecule has 0 amide bonds. The SMILES string of the molecule is CCC[C@@H]1C[C@H]1S(=O)(=O)c1ccccc1. The highest BCUT2D eigenvalue weighted by atomic mass is 32.2. The Labute approximate surface area is 91.2 Å². The Kier molecular flexibility index (Phi) is 2.83. The van der Waals surface area contributed by atoms with Crippen LogP contribution in [0.2, 0.25) is 0 Å². The second kappa shape index (κ2) is 3.97. The van der Waals surface area contributed by atoms with Crippen molar-refractivity contribution < 1.29 is 8.42 Å². The first-order valence-corrected chi connectivity index (χ1v) is 7.00. The molecule has 2 nitrogen and oxygen atoms in total. The van der Waals surface area contributed by atoms with E-state index in [1.54, 1.807) is 24.3 Å². The van der Waals surface area contributed by atoms with Crippen LogP contribution >= 0.6 is 0 Å². The predicted octanol–water partition coefficient (Wildman–Crippen LogP) is 2.65. The number of rotatable bonds is 4. The van der Waals surface area contributed by atoms with E-state index in [-0.39, 0.29) is 5.25 Å². The first kappa shape index (κ1) is 10.7. The molecule has 0 saturated heterocycles. The molecule has 0 aliphatic heterocycles. The lowest BCUT2D eigenvalue weighted by molar-refractivity contribution is 0.589. The van der Waals surface area contributed by atoms with Crippen LogP contribution in [0.4, 0.5) is 0 Å². The van der Waals surface area contributed by atoms with Gasteiger partial charge in [-0.1, -0.05) is 31.5 Å². The molecule has 0 bridgehead atoms. The van der Waals surface area contributed by atoms with E-state index in [4.69, 9.17) is 0 Å². The molecule has 1 aliphatic rings. The van der Waals surface area contributed by atoms with Crippen LogP contribution in [0.25, 0.3) is 0 Å². The minimum absolute atomic E-state index is 0.111. The summed E-state index contributed by atoms with van der Waals surface area (Å²) < 4.78 is 24.2. The summed E-state index contributed by atoms with van der Waals surface area (Å²) in [7, 11) is -3.04. The minimum Gasteiger partial charge on any atom is -0.223 e. The average molecular weight is 224 g/mol. The summed E-state index contributed by atoms with van der Waals surface area (Å²) in [5.74, 6) is 0.403. The van der Waals surface area contributed by atoms with Crippen molar-refractivity contribution in [3.63, 3.8) is 0 Å². The molecule has 1 fully saturated rings. The second-order valence-corrected chi connectivity index (χ2v) is 6.35. The van der Waals surface area contributed by atoms with Gasteiger partial charge < -0.3 is 0 Å². The fourth-order valence-corrected chi connectivity index (χ4v) is 4.09. The number of sulfone groups is 1. The molecular formula is C12H16O2S. The minimum atomic E-state index is -3.04. The van der Waals surface area contributed by atoms with Gasteiger partial charge in [-0.25, -0.2) is 8.42 Å². The zero-order chi connectivity index (χ0) is 10.9. The average Bonchev–Trinajstić information content (AvgIpc) is 3.00. The van der Waals surface area contributed by atoms with Gasteiger partial charge in [0.15, 0.2) is 9.84 Å². The van der Waals surface area contributed by atoms with Crippen LogP contribution in [0.15, 0.2) is 35.2 Å². The van der Waals surface area contributed by atoms with Crippen molar-refractivity contribution in [1.29, 1.82) is 0 Å². The third kappa shape index (κ3) is 2.07. The summed E-state index contributed by atoms with van der Waals surface area (Å²) in [5, 5.41) is -0.111. The third-order valence-electron chi connectivity index (χ3n) is 2.99. The number of hydrogen-bond donors (Lipinski definition) is 0. The van der Waals surface area contributed by atoms with Crippen LogP contribution in [-0.4, -0.2) is 13.7 Å². The van der Waals surface area contributed by atoms with Crippen molar-refractivity contribution in [1.82, 2.24) is 0 Å². The monoisotopic (exact) mass is 224 g/mol. The number of benzene rings is 1. The van der Waals surface area contributed by atoms with Gasteiger partial charge in [-0.15, -0.1) is 0 Å². The van der Waals surface area contributed by atoms with Gasteiger partial charge in [0.25, 0.3) is 0 Å². The lowest BCUT2D eigenvalue weighted by atomic mass is 10.2. The largest absolute Gasteiger partial charge is 0.223 e. The summed E-state index contributed by atoms with van der Waals surface area (Å²) in [5.41, 5.74) is 0. The zero-order valence-electron chi connectivity index (χ0n) is 8.89. The van der Waals surface area contributed by atoms with E-state index >= 15 is 0 Å². The highest BCUT2D eigenvalue weighted by Crippen LogP contribution is 2.43. The van der Waals surface area contributed by atoms with Crippen molar-refractivity contribution in [2.24, 2.45) is 5.92 Å². The number of hydrogen-bond acceptors (Lipinski definition) is 2. The molecule has 0 N–H and O–H groups in total. The molecule has 2 rings (SSSR count). The molecule has 0 radical (unpaired) electrons. The summed E-state index contributed by atoms with van der Waals surface area (Å²) in [4.78, 5) is 0.480. The van der Waals surface area contributed by atoms with E-state index in [0.717, 1.165) is 19.3 Å². The van der Waals surface area contributed by atoms with E-state index in [1.165, 1.54) is 0 Å². The molecule has 0 spiro atoms. The molecule has 0 aromatic heterocycles. The van der Waals surface area contributed by atoms with Crippen LogP contribution < -0.4 is 0 Å². The molecule has 3 heteroatoms. The molecule has 2 atom stereocenters. The van der Waals surface area contributed by atoms with Gasteiger partial charge in [0, 0.05) is 0 Å². The van der Waals surface area contributed by atoms with Gasteiger partial charge in [-0.2, -0.15) is 0 Å². The van der Waals surface area contributed by atoms with Crippen LogP contribution in [-0.2, 0) is 9.84 Å². The topological polar surface area (TPSA) is 34.1 Å². The smallest absolute Gasteiger partial charge is 0.181 e. The van der Waals surface area contributed by atoms with Gasteiger partial charge in [0.05, 0.1) is 10.1 Å². The lowest BCUT2D eigenvalue weighted by Gasteiger charge is -2.02. The maximum atomic E-state index is 12.1. The van der Waals surface area contributed by atoms with E-state index in [1.807, 2.05) is 6.07 Å². The molecule has 82 valence electrons. The van der Waals surface area contributed by atoms with Crippen LogP contribution in [0.3, 0.4) is 0 Å². The maximum absolute atomic E-state index is 12.1. The molecule has 15 heavy (non-hydrogen) atoms. The normalized spacial score (nSPS) is 25.1. The van der Waals surface area contributed by atoms with Gasteiger partial charge in [0.1, 0.15) is 0 Å². The van der Waals surface area contributed by atoms with Crippen molar-refractivity contribution in [3.05, 3.63) is 30.3 Å². The van der Waals surface area contributed by atoms with E-state index in [0.29, 0.717) is 10.8 Å². The highest BCUT2D eigenvalue weighted by molar-refractivity contribution is 7.92. The molecule has 1 aromatic rings. The third-order valence-corrected chi connectivity index (χ3v) is 5.29. The van der Waals surface area contributed by atoms with Crippen LogP contribution in [0.5, 0.6) is 0 Å². The summed E-state index contributed by atoms with van der Waals surface area (Å²) in [6, 6.07) is 8.79. The summed E-state index contributed by atoms with van der Waals surface area (Å²) in [6.07, 6.45) is 2.97. The van der Waals surface area contributed by atoms with Gasteiger partial charge in [-0.05, 0) is 30.9 Å². The van der Waals surface area contributed by atoms with Gasteiger partial charge in [-0.3, -0.25) is 0 Å². The Balaban J connectivity index is 2.16. The standard InChI is InChI=1S/C12H16O2S/c1-2-6-10-9-12(10)15(13,14)11-7-4-3-5-8-11/h3-5,7-8,10,12H,2,6,9H2,1H3/t10-,12-/m1/s1. The molecule has 1 aliphatic carbocycles. The van der Waals surface area contributed by atoms with Crippen molar-refractivity contribution in [2.75, 3.05) is 0 Å². The Morgan fingerprint density at radius 1 is 1.27 bits per heavy atom. The second-order valence-electron chi connectivity index (χ2n) is 4.18. The van der Waals surface area contributed by atoms with Gasteiger partial charge >= 0.3 is 0 Å². The van der Waals surface area contributed by atoms with E-state index < -0.39 is 9.84 Å². The molecule has 1 saturated carbocycles. The quantitative estimate of drug-likeness (QED) is 0.788. The van der Waals surface area contributed by atoms with Crippen LogP contribution in [0.1, 0.15) is 26.2 Å². The van der Waals surface area contributed by atoms with Gasteiger partial charge in [0.2, 0.25) is 0 Å². The molecule has 0 heterocycles. The first-order chi connectivity index (χ1) is 7.16. The molecular weight excluding hydrogens is 208 g/mol. The van der Waals surface area contributed by atoms with Crippen molar-refractivity contribution in [3.8, 4) is 0 Å². The highest BCUT2D eigenvalue weighted by Gasteiger charge is 2.46. The lowest BCUT2D eigenvalue weighted by Crippen LogP contribution is -2.09.